The maximum atomic E-state index is 12.5. The molecule has 94 valence electrons. The molecule has 1 saturated heterocycles. The zero-order valence-electron chi connectivity index (χ0n) is 9.42. The second-order valence-electron chi connectivity index (χ2n) is 4.27. The van der Waals surface area contributed by atoms with E-state index in [2.05, 4.69) is 5.32 Å². The van der Waals surface area contributed by atoms with Crippen LogP contribution in [0, 0.1) is 5.92 Å². The number of hydrogen-bond acceptors (Lipinski definition) is 2. The zero-order valence-corrected chi connectivity index (χ0v) is 9.42. The Morgan fingerprint density at radius 2 is 2.06 bits per heavy atom. The molecule has 0 saturated carbocycles. The van der Waals surface area contributed by atoms with E-state index in [1.54, 1.807) is 6.07 Å². The summed E-state index contributed by atoms with van der Waals surface area (Å²) >= 11 is 0. The van der Waals surface area contributed by atoms with E-state index in [4.69, 9.17) is 4.74 Å². The van der Waals surface area contributed by atoms with E-state index in [-0.39, 0.29) is 11.9 Å². The van der Waals surface area contributed by atoms with Gasteiger partial charge in [0.2, 0.25) is 0 Å². The Labute approximate surface area is 97.8 Å². The Morgan fingerprint density at radius 1 is 1.35 bits per heavy atom. The summed E-state index contributed by atoms with van der Waals surface area (Å²) in [5.74, 6) is 0.656. The largest absolute Gasteiger partial charge is 0.490 e. The lowest BCUT2D eigenvalue weighted by Gasteiger charge is -2.32. The highest BCUT2D eigenvalue weighted by molar-refractivity contribution is 5.30. The molecule has 1 aromatic carbocycles. The maximum absolute atomic E-state index is 12.5. The summed E-state index contributed by atoms with van der Waals surface area (Å²) in [5.41, 5.74) is -0.672. The number of nitrogens with one attached hydrogen (secondary N) is 1. The van der Waals surface area contributed by atoms with Crippen molar-refractivity contribution in [2.24, 2.45) is 5.92 Å². The van der Waals surface area contributed by atoms with E-state index >= 15 is 0 Å². The first-order chi connectivity index (χ1) is 7.97. The first-order valence-corrected chi connectivity index (χ1v) is 5.51. The van der Waals surface area contributed by atoms with Crippen LogP contribution in [0.4, 0.5) is 13.2 Å². The molecule has 0 radical (unpaired) electrons. The summed E-state index contributed by atoms with van der Waals surface area (Å²) in [7, 11) is 0. The fourth-order valence-electron chi connectivity index (χ4n) is 1.70. The molecule has 1 aliphatic heterocycles. The second-order valence-corrected chi connectivity index (χ2v) is 4.27. The number of rotatable bonds is 3. The van der Waals surface area contributed by atoms with Crippen LogP contribution >= 0.6 is 0 Å². The van der Waals surface area contributed by atoms with Crippen molar-refractivity contribution in [1.82, 2.24) is 5.32 Å². The van der Waals surface area contributed by atoms with Gasteiger partial charge in [-0.05, 0) is 25.1 Å². The molecule has 1 aliphatic rings. The van der Waals surface area contributed by atoms with Crippen LogP contribution < -0.4 is 10.1 Å². The first-order valence-electron chi connectivity index (χ1n) is 5.51. The van der Waals surface area contributed by atoms with Gasteiger partial charge in [0.05, 0.1) is 5.56 Å². The van der Waals surface area contributed by atoms with Crippen LogP contribution in [-0.4, -0.2) is 19.2 Å². The summed E-state index contributed by atoms with van der Waals surface area (Å²) in [5, 5.41) is 3.10. The van der Waals surface area contributed by atoms with Crippen molar-refractivity contribution in [2.75, 3.05) is 13.1 Å². The smallest absolute Gasteiger partial charge is 0.416 e. The third-order valence-corrected chi connectivity index (χ3v) is 2.96. The molecule has 1 atom stereocenters. The van der Waals surface area contributed by atoms with Gasteiger partial charge in [0.25, 0.3) is 0 Å². The van der Waals surface area contributed by atoms with Gasteiger partial charge in [0, 0.05) is 19.0 Å². The van der Waals surface area contributed by atoms with Crippen LogP contribution in [-0.2, 0) is 6.18 Å². The summed E-state index contributed by atoms with van der Waals surface area (Å²) in [6.07, 6.45) is -4.39. The van der Waals surface area contributed by atoms with Crippen molar-refractivity contribution >= 4 is 0 Å². The Hall–Kier alpha value is -1.23. The van der Waals surface area contributed by atoms with Crippen LogP contribution in [0.1, 0.15) is 12.5 Å². The lowest BCUT2D eigenvalue weighted by Crippen LogP contribution is -2.49. The topological polar surface area (TPSA) is 21.3 Å². The minimum Gasteiger partial charge on any atom is -0.490 e. The lowest BCUT2D eigenvalue weighted by atomic mass is 9.97. The second kappa shape index (κ2) is 4.56. The van der Waals surface area contributed by atoms with Gasteiger partial charge in [-0.1, -0.05) is 6.07 Å². The van der Waals surface area contributed by atoms with Crippen molar-refractivity contribution in [3.05, 3.63) is 29.8 Å². The summed E-state index contributed by atoms with van der Waals surface area (Å²) in [4.78, 5) is 0. The van der Waals surface area contributed by atoms with Gasteiger partial charge in [-0.2, -0.15) is 13.2 Å². The first kappa shape index (κ1) is 12.2. The summed E-state index contributed by atoms with van der Waals surface area (Å²) in [6, 6.07) is 5.01. The number of hydrogen-bond donors (Lipinski definition) is 1. The molecule has 0 amide bonds. The Balaban J connectivity index is 2.05. The Kier molecular flexibility index (Phi) is 3.28. The van der Waals surface area contributed by atoms with Crippen LogP contribution in [0.2, 0.25) is 0 Å². The van der Waals surface area contributed by atoms with Gasteiger partial charge in [-0.25, -0.2) is 0 Å². The SMILES string of the molecule is CC(Oc1cccc(C(F)(F)F)c1)C1CNC1. The van der Waals surface area contributed by atoms with Crippen molar-refractivity contribution in [1.29, 1.82) is 0 Å². The van der Waals surface area contributed by atoms with Crippen LogP contribution in [0.25, 0.3) is 0 Å². The Morgan fingerprint density at radius 3 is 2.59 bits per heavy atom. The minimum atomic E-state index is -4.32. The molecule has 1 heterocycles. The molecule has 1 aromatic rings. The van der Waals surface area contributed by atoms with Gasteiger partial charge < -0.3 is 10.1 Å². The molecule has 1 unspecified atom stereocenters. The van der Waals surface area contributed by atoms with E-state index in [1.165, 1.54) is 6.07 Å². The molecule has 0 spiro atoms. The van der Waals surface area contributed by atoms with Gasteiger partial charge in [-0.15, -0.1) is 0 Å². The van der Waals surface area contributed by atoms with Crippen LogP contribution in [0.5, 0.6) is 5.75 Å². The Bertz CT molecular complexity index is 388. The van der Waals surface area contributed by atoms with E-state index in [0.29, 0.717) is 5.92 Å². The monoisotopic (exact) mass is 245 g/mol. The van der Waals surface area contributed by atoms with E-state index in [0.717, 1.165) is 25.2 Å². The van der Waals surface area contributed by atoms with Gasteiger partial charge in [0.15, 0.2) is 0 Å². The summed E-state index contributed by atoms with van der Waals surface area (Å²) in [6.45, 7) is 3.60. The molecule has 5 heteroatoms. The van der Waals surface area contributed by atoms with Crippen LogP contribution in [0.3, 0.4) is 0 Å². The van der Waals surface area contributed by atoms with Crippen molar-refractivity contribution < 1.29 is 17.9 Å². The van der Waals surface area contributed by atoms with Crippen molar-refractivity contribution in [3.63, 3.8) is 0 Å². The van der Waals surface area contributed by atoms with Crippen molar-refractivity contribution in [2.45, 2.75) is 19.2 Å². The van der Waals surface area contributed by atoms with Crippen molar-refractivity contribution in [3.8, 4) is 5.75 Å². The van der Waals surface area contributed by atoms with E-state index in [1.807, 2.05) is 6.92 Å². The molecule has 1 fully saturated rings. The predicted octanol–water partition coefficient (Wildman–Crippen LogP) is 2.69. The van der Waals surface area contributed by atoms with Gasteiger partial charge in [-0.3, -0.25) is 0 Å². The third kappa shape index (κ3) is 2.91. The molecule has 2 rings (SSSR count). The molecule has 1 N–H and O–H groups in total. The fraction of sp³-hybridized carbons (Fsp3) is 0.500. The fourth-order valence-corrected chi connectivity index (χ4v) is 1.70. The molecular weight excluding hydrogens is 231 g/mol. The molecule has 0 aliphatic carbocycles. The number of halogens is 3. The minimum absolute atomic E-state index is 0.0697. The normalized spacial score (nSPS) is 18.6. The number of alkyl halides is 3. The standard InChI is InChI=1S/C12H14F3NO/c1-8(9-6-16-7-9)17-11-4-2-3-10(5-11)12(13,14)15/h2-5,8-9,16H,6-7H2,1H3. The van der Waals surface area contributed by atoms with E-state index < -0.39 is 11.7 Å². The number of ether oxygens (including phenoxy) is 1. The average molecular weight is 245 g/mol. The van der Waals surface area contributed by atoms with Crippen LogP contribution in [0.15, 0.2) is 24.3 Å². The van der Waals surface area contributed by atoms with Gasteiger partial charge >= 0.3 is 6.18 Å². The van der Waals surface area contributed by atoms with Gasteiger partial charge in [0.1, 0.15) is 11.9 Å². The molecule has 2 nitrogen and oxygen atoms in total. The highest BCUT2D eigenvalue weighted by Gasteiger charge is 2.31. The molecule has 0 bridgehead atoms. The summed E-state index contributed by atoms with van der Waals surface area (Å²) < 4.78 is 42.9. The predicted molar refractivity (Wildman–Crippen MR) is 57.9 cm³/mol. The lowest BCUT2D eigenvalue weighted by molar-refractivity contribution is -0.137. The molecule has 17 heavy (non-hydrogen) atoms. The molecular formula is C12H14F3NO. The quantitative estimate of drug-likeness (QED) is 0.884. The average Bonchev–Trinajstić information content (AvgIpc) is 2.13. The third-order valence-electron chi connectivity index (χ3n) is 2.96. The highest BCUT2D eigenvalue weighted by atomic mass is 19.4. The maximum Gasteiger partial charge on any atom is 0.416 e. The highest BCUT2D eigenvalue weighted by Crippen LogP contribution is 2.31. The van der Waals surface area contributed by atoms with E-state index in [9.17, 15) is 13.2 Å². The zero-order chi connectivity index (χ0) is 12.5. The number of benzene rings is 1. The molecule has 0 aromatic heterocycles.